The Bertz CT molecular complexity index is 1110. The molecule has 0 aliphatic carbocycles. The molecule has 1 heterocycles. The van der Waals surface area contributed by atoms with Gasteiger partial charge in [-0.15, -0.1) is 0 Å². The SMILES string of the molecule is Cc1nn(C)c(Oc2cc(F)ccc2Cl)c1C(=O)N[C@@H](C)c1ccc(C(=O)O)cc1. The lowest BCUT2D eigenvalue weighted by Gasteiger charge is -2.15. The van der Waals surface area contributed by atoms with E-state index in [0.717, 1.165) is 11.6 Å². The van der Waals surface area contributed by atoms with Crippen LogP contribution in [0.2, 0.25) is 5.02 Å². The van der Waals surface area contributed by atoms with Crippen LogP contribution in [0, 0.1) is 12.7 Å². The van der Waals surface area contributed by atoms with Crippen molar-refractivity contribution in [3.05, 3.63) is 75.7 Å². The fraction of sp³-hybridized carbons (Fsp3) is 0.190. The van der Waals surface area contributed by atoms with Crippen LogP contribution in [-0.4, -0.2) is 26.8 Å². The number of halogens is 2. The summed E-state index contributed by atoms with van der Waals surface area (Å²) in [6.07, 6.45) is 0. The summed E-state index contributed by atoms with van der Waals surface area (Å²) in [7, 11) is 1.60. The fourth-order valence-electron chi connectivity index (χ4n) is 2.94. The van der Waals surface area contributed by atoms with Crippen molar-refractivity contribution in [2.24, 2.45) is 7.05 Å². The fourth-order valence-corrected chi connectivity index (χ4v) is 3.10. The van der Waals surface area contributed by atoms with Gasteiger partial charge in [-0.3, -0.25) is 4.79 Å². The standard InChI is InChI=1S/C21H19ClFN3O4/c1-11(13-4-6-14(7-5-13)21(28)29)24-19(27)18-12(2)25-26(3)20(18)30-17-10-15(23)8-9-16(17)22/h4-11H,1-3H3,(H,24,27)(H,28,29)/t11-/m0/s1. The average Bonchev–Trinajstić information content (AvgIpc) is 2.97. The predicted octanol–water partition coefficient (Wildman–Crippen LogP) is 4.50. The lowest BCUT2D eigenvalue weighted by molar-refractivity contribution is 0.0696. The minimum absolute atomic E-state index is 0.0611. The highest BCUT2D eigenvalue weighted by molar-refractivity contribution is 6.32. The van der Waals surface area contributed by atoms with Gasteiger partial charge in [-0.05, 0) is 43.7 Å². The molecule has 0 aliphatic heterocycles. The van der Waals surface area contributed by atoms with Crippen molar-refractivity contribution in [3.8, 4) is 11.6 Å². The Morgan fingerprint density at radius 2 is 1.90 bits per heavy atom. The Balaban J connectivity index is 1.85. The molecule has 7 nitrogen and oxygen atoms in total. The summed E-state index contributed by atoms with van der Waals surface area (Å²) in [4.78, 5) is 23.9. The van der Waals surface area contributed by atoms with Gasteiger partial charge in [0.1, 0.15) is 11.4 Å². The number of carboxylic acid groups (broad SMARTS) is 1. The first kappa shape index (κ1) is 21.3. The number of benzene rings is 2. The van der Waals surface area contributed by atoms with E-state index in [9.17, 15) is 14.0 Å². The smallest absolute Gasteiger partial charge is 0.335 e. The Morgan fingerprint density at radius 1 is 1.23 bits per heavy atom. The maximum Gasteiger partial charge on any atom is 0.335 e. The van der Waals surface area contributed by atoms with E-state index in [1.807, 2.05) is 0 Å². The van der Waals surface area contributed by atoms with E-state index in [2.05, 4.69) is 10.4 Å². The van der Waals surface area contributed by atoms with Gasteiger partial charge in [0.05, 0.1) is 22.3 Å². The van der Waals surface area contributed by atoms with Gasteiger partial charge in [-0.25, -0.2) is 13.9 Å². The lowest BCUT2D eigenvalue weighted by atomic mass is 10.1. The Morgan fingerprint density at radius 3 is 2.53 bits per heavy atom. The lowest BCUT2D eigenvalue weighted by Crippen LogP contribution is -2.27. The van der Waals surface area contributed by atoms with Gasteiger partial charge >= 0.3 is 5.97 Å². The minimum Gasteiger partial charge on any atom is -0.478 e. The number of hydrogen-bond donors (Lipinski definition) is 2. The van der Waals surface area contributed by atoms with Gasteiger partial charge in [0.25, 0.3) is 5.91 Å². The van der Waals surface area contributed by atoms with Gasteiger partial charge < -0.3 is 15.2 Å². The second-order valence-electron chi connectivity index (χ2n) is 6.69. The molecule has 0 unspecified atom stereocenters. The van der Waals surface area contributed by atoms with E-state index in [4.69, 9.17) is 21.4 Å². The first-order chi connectivity index (χ1) is 14.2. The summed E-state index contributed by atoms with van der Waals surface area (Å²) in [5.41, 5.74) is 1.49. The minimum atomic E-state index is -1.03. The summed E-state index contributed by atoms with van der Waals surface area (Å²) < 4.78 is 20.7. The Labute approximate surface area is 177 Å². The van der Waals surface area contributed by atoms with Crippen LogP contribution in [0.3, 0.4) is 0 Å². The molecule has 9 heteroatoms. The molecular formula is C21H19ClFN3O4. The maximum absolute atomic E-state index is 13.6. The van der Waals surface area contributed by atoms with Crippen LogP contribution in [0.25, 0.3) is 0 Å². The van der Waals surface area contributed by atoms with E-state index in [1.165, 1.54) is 28.9 Å². The number of nitrogens with one attached hydrogen (secondary N) is 1. The van der Waals surface area contributed by atoms with Crippen molar-refractivity contribution in [1.82, 2.24) is 15.1 Å². The predicted molar refractivity (Wildman–Crippen MR) is 109 cm³/mol. The Hall–Kier alpha value is -3.39. The largest absolute Gasteiger partial charge is 0.478 e. The van der Waals surface area contributed by atoms with Crippen molar-refractivity contribution in [3.63, 3.8) is 0 Å². The van der Waals surface area contributed by atoms with Crippen LogP contribution in [0.4, 0.5) is 4.39 Å². The van der Waals surface area contributed by atoms with E-state index < -0.39 is 23.7 Å². The highest BCUT2D eigenvalue weighted by atomic mass is 35.5. The molecule has 1 amide bonds. The third kappa shape index (κ3) is 4.44. The topological polar surface area (TPSA) is 93.5 Å². The molecule has 0 aliphatic rings. The molecule has 156 valence electrons. The first-order valence-electron chi connectivity index (χ1n) is 8.98. The molecule has 3 aromatic rings. The molecule has 0 bridgehead atoms. The van der Waals surface area contributed by atoms with E-state index >= 15 is 0 Å². The molecule has 0 fully saturated rings. The summed E-state index contributed by atoms with van der Waals surface area (Å²) in [6.45, 7) is 3.42. The van der Waals surface area contributed by atoms with Crippen LogP contribution in [0.5, 0.6) is 11.6 Å². The zero-order valence-electron chi connectivity index (χ0n) is 16.4. The second kappa shape index (κ2) is 8.54. The first-order valence-corrected chi connectivity index (χ1v) is 9.35. The molecule has 0 saturated heterocycles. The van der Waals surface area contributed by atoms with Crippen molar-refractivity contribution in [2.45, 2.75) is 19.9 Å². The number of aromatic carboxylic acids is 1. The number of nitrogens with zero attached hydrogens (tertiary/aromatic N) is 2. The van der Waals surface area contributed by atoms with Crippen molar-refractivity contribution in [1.29, 1.82) is 0 Å². The summed E-state index contributed by atoms with van der Waals surface area (Å²) in [5.74, 6) is -1.82. The van der Waals surface area contributed by atoms with Crippen molar-refractivity contribution >= 4 is 23.5 Å². The molecule has 1 atom stereocenters. The number of hydrogen-bond acceptors (Lipinski definition) is 4. The highest BCUT2D eigenvalue weighted by Crippen LogP contribution is 2.33. The number of carboxylic acids is 1. The normalized spacial score (nSPS) is 11.8. The van der Waals surface area contributed by atoms with E-state index in [1.54, 1.807) is 33.0 Å². The number of amides is 1. The number of carbonyl (C=O) groups is 2. The van der Waals surface area contributed by atoms with Crippen LogP contribution in [0.15, 0.2) is 42.5 Å². The molecule has 0 spiro atoms. The molecule has 30 heavy (non-hydrogen) atoms. The van der Waals surface area contributed by atoms with Gasteiger partial charge in [-0.1, -0.05) is 23.7 Å². The maximum atomic E-state index is 13.6. The number of rotatable bonds is 6. The molecular weight excluding hydrogens is 413 g/mol. The quantitative estimate of drug-likeness (QED) is 0.599. The van der Waals surface area contributed by atoms with Crippen LogP contribution < -0.4 is 10.1 Å². The number of ether oxygens (including phenoxy) is 1. The third-order valence-corrected chi connectivity index (χ3v) is 4.81. The molecule has 1 aromatic heterocycles. The van der Waals surface area contributed by atoms with Crippen LogP contribution >= 0.6 is 11.6 Å². The third-order valence-electron chi connectivity index (χ3n) is 4.50. The molecule has 0 radical (unpaired) electrons. The Kier molecular flexibility index (Phi) is 6.07. The van der Waals surface area contributed by atoms with E-state index in [-0.39, 0.29) is 27.8 Å². The summed E-state index contributed by atoms with van der Waals surface area (Å²) >= 11 is 6.07. The number of carbonyl (C=O) groups excluding carboxylic acids is 1. The van der Waals surface area contributed by atoms with Crippen molar-refractivity contribution < 1.29 is 23.8 Å². The zero-order chi connectivity index (χ0) is 22.0. The van der Waals surface area contributed by atoms with Crippen LogP contribution in [-0.2, 0) is 7.05 Å². The summed E-state index contributed by atoms with van der Waals surface area (Å²) in [5, 5.41) is 16.3. The van der Waals surface area contributed by atoms with Gasteiger partial charge in [0, 0.05) is 13.1 Å². The summed E-state index contributed by atoms with van der Waals surface area (Å²) in [6, 6.07) is 9.48. The number of aryl methyl sites for hydroxylation is 2. The van der Waals surface area contributed by atoms with E-state index in [0.29, 0.717) is 5.69 Å². The van der Waals surface area contributed by atoms with Gasteiger partial charge in [0.2, 0.25) is 5.88 Å². The second-order valence-corrected chi connectivity index (χ2v) is 7.10. The molecule has 3 rings (SSSR count). The van der Waals surface area contributed by atoms with Crippen molar-refractivity contribution in [2.75, 3.05) is 0 Å². The molecule has 2 aromatic carbocycles. The molecule has 2 N–H and O–H groups in total. The zero-order valence-corrected chi connectivity index (χ0v) is 17.2. The van der Waals surface area contributed by atoms with Gasteiger partial charge in [-0.2, -0.15) is 5.10 Å². The highest BCUT2D eigenvalue weighted by Gasteiger charge is 2.24. The van der Waals surface area contributed by atoms with Gasteiger partial charge in [0.15, 0.2) is 5.75 Å². The number of aromatic nitrogens is 2. The molecule has 0 saturated carbocycles. The average molecular weight is 432 g/mol. The van der Waals surface area contributed by atoms with Crippen LogP contribution in [0.1, 0.15) is 44.9 Å². The monoisotopic (exact) mass is 431 g/mol.